The molecule has 1 amide bonds. The van der Waals surface area contributed by atoms with Gasteiger partial charge in [0.1, 0.15) is 23.6 Å². The molecule has 0 saturated heterocycles. The Bertz CT molecular complexity index is 873. The summed E-state index contributed by atoms with van der Waals surface area (Å²) >= 11 is 0. The first kappa shape index (κ1) is 13.7. The van der Waals surface area contributed by atoms with E-state index in [1.165, 1.54) is 0 Å². The number of carbonyl (C=O) groups excluding carboxylic acids is 1. The molecule has 0 spiro atoms. The highest BCUT2D eigenvalue weighted by Crippen LogP contribution is 2.13. The highest BCUT2D eigenvalue weighted by molar-refractivity contribution is 5.64. The number of pyridine rings is 1. The van der Waals surface area contributed by atoms with Crippen molar-refractivity contribution in [3.8, 4) is 11.8 Å². The van der Waals surface area contributed by atoms with Crippen LogP contribution in [0.2, 0.25) is 0 Å². The Morgan fingerprint density at radius 2 is 1.91 bits per heavy atom. The van der Waals surface area contributed by atoms with Gasteiger partial charge in [-0.3, -0.25) is 4.40 Å². The minimum absolute atomic E-state index is 0.00415. The molecule has 22 heavy (non-hydrogen) atoms. The molecule has 2 aromatic heterocycles. The second-order valence-electron chi connectivity index (χ2n) is 4.56. The zero-order chi connectivity index (χ0) is 15.4. The molecular formula is C17H13N3O2. The van der Waals surface area contributed by atoms with Crippen molar-refractivity contribution in [2.45, 2.75) is 6.61 Å². The molecule has 5 nitrogen and oxygen atoms in total. The van der Waals surface area contributed by atoms with Crippen LogP contribution in [0, 0.1) is 11.8 Å². The van der Waals surface area contributed by atoms with Crippen LogP contribution in [-0.2, 0) is 11.3 Å². The van der Waals surface area contributed by atoms with Crippen molar-refractivity contribution in [2.75, 3.05) is 0 Å². The molecule has 0 unspecified atom stereocenters. The van der Waals surface area contributed by atoms with Crippen molar-refractivity contribution < 1.29 is 9.53 Å². The van der Waals surface area contributed by atoms with Crippen molar-refractivity contribution >= 4 is 11.7 Å². The molecule has 0 aliphatic carbocycles. The quantitative estimate of drug-likeness (QED) is 0.737. The standard InChI is InChI=1S/C17H13N3O2/c18-17(21)22-12-14-15(10-9-13-6-2-1-3-7-13)20-11-5-4-8-16(20)19-14/h1-8,11H,12H2,(H2,18,21). The number of imidazole rings is 1. The molecule has 108 valence electrons. The first-order chi connectivity index (χ1) is 10.7. The van der Waals surface area contributed by atoms with Crippen LogP contribution in [0.5, 0.6) is 0 Å². The number of nitrogens with zero attached hydrogens (tertiary/aromatic N) is 2. The maximum atomic E-state index is 10.8. The molecule has 3 rings (SSSR count). The van der Waals surface area contributed by atoms with Gasteiger partial charge in [0.05, 0.1) is 0 Å². The third kappa shape index (κ3) is 2.91. The summed E-state index contributed by atoms with van der Waals surface area (Å²) in [4.78, 5) is 15.2. The largest absolute Gasteiger partial charge is 0.443 e. The fourth-order valence-corrected chi connectivity index (χ4v) is 2.07. The molecule has 2 heterocycles. The average Bonchev–Trinajstić information content (AvgIpc) is 2.89. The number of aromatic nitrogens is 2. The number of amides is 1. The van der Waals surface area contributed by atoms with E-state index in [0.717, 1.165) is 11.2 Å². The van der Waals surface area contributed by atoms with Crippen LogP contribution in [0.15, 0.2) is 54.7 Å². The van der Waals surface area contributed by atoms with Gasteiger partial charge in [-0.15, -0.1) is 0 Å². The molecule has 0 fully saturated rings. The Kier molecular flexibility index (Phi) is 3.75. The lowest BCUT2D eigenvalue weighted by Gasteiger charge is -1.99. The predicted octanol–water partition coefficient (Wildman–Crippen LogP) is 2.33. The van der Waals surface area contributed by atoms with Gasteiger partial charge in [0.2, 0.25) is 0 Å². The van der Waals surface area contributed by atoms with E-state index in [4.69, 9.17) is 10.5 Å². The smallest absolute Gasteiger partial charge is 0.404 e. The van der Waals surface area contributed by atoms with Crippen molar-refractivity contribution in [2.24, 2.45) is 5.73 Å². The van der Waals surface area contributed by atoms with Gasteiger partial charge in [-0.25, -0.2) is 9.78 Å². The van der Waals surface area contributed by atoms with Crippen molar-refractivity contribution in [1.29, 1.82) is 0 Å². The number of hydrogen-bond acceptors (Lipinski definition) is 3. The Hall–Kier alpha value is -3.26. The lowest BCUT2D eigenvalue weighted by atomic mass is 10.2. The molecule has 0 aliphatic rings. The van der Waals surface area contributed by atoms with Crippen LogP contribution in [-0.4, -0.2) is 15.5 Å². The zero-order valence-electron chi connectivity index (χ0n) is 11.7. The molecule has 0 radical (unpaired) electrons. The van der Waals surface area contributed by atoms with Crippen LogP contribution in [0.4, 0.5) is 4.79 Å². The van der Waals surface area contributed by atoms with Crippen molar-refractivity contribution in [1.82, 2.24) is 9.38 Å². The number of nitrogens with two attached hydrogens (primary N) is 1. The van der Waals surface area contributed by atoms with Gasteiger partial charge in [0, 0.05) is 11.8 Å². The third-order valence-corrected chi connectivity index (χ3v) is 3.05. The maximum absolute atomic E-state index is 10.8. The minimum atomic E-state index is -0.834. The van der Waals surface area contributed by atoms with E-state index in [2.05, 4.69) is 16.8 Å². The fourth-order valence-electron chi connectivity index (χ4n) is 2.07. The molecular weight excluding hydrogens is 278 g/mol. The highest BCUT2D eigenvalue weighted by Gasteiger charge is 2.11. The summed E-state index contributed by atoms with van der Waals surface area (Å²) in [5, 5.41) is 0. The minimum Gasteiger partial charge on any atom is -0.443 e. The van der Waals surface area contributed by atoms with E-state index in [1.807, 2.05) is 59.1 Å². The summed E-state index contributed by atoms with van der Waals surface area (Å²) in [5.74, 6) is 6.18. The Balaban J connectivity index is 2.04. The monoisotopic (exact) mass is 291 g/mol. The Morgan fingerprint density at radius 1 is 1.14 bits per heavy atom. The molecule has 0 atom stereocenters. The van der Waals surface area contributed by atoms with Gasteiger partial charge >= 0.3 is 6.09 Å². The molecule has 0 bridgehead atoms. The van der Waals surface area contributed by atoms with Crippen LogP contribution < -0.4 is 5.73 Å². The van der Waals surface area contributed by atoms with Gasteiger partial charge in [-0.1, -0.05) is 30.2 Å². The Labute approximate surface area is 127 Å². The number of carbonyl (C=O) groups is 1. The van der Waals surface area contributed by atoms with Crippen LogP contribution in [0.1, 0.15) is 17.0 Å². The van der Waals surface area contributed by atoms with Gasteiger partial charge in [-0.2, -0.15) is 0 Å². The third-order valence-electron chi connectivity index (χ3n) is 3.05. The normalized spacial score (nSPS) is 10.0. The molecule has 2 N–H and O–H groups in total. The van der Waals surface area contributed by atoms with Crippen LogP contribution in [0.3, 0.4) is 0 Å². The first-order valence-corrected chi connectivity index (χ1v) is 6.69. The van der Waals surface area contributed by atoms with Gasteiger partial charge in [0.25, 0.3) is 0 Å². The van der Waals surface area contributed by atoms with E-state index in [-0.39, 0.29) is 6.61 Å². The maximum Gasteiger partial charge on any atom is 0.404 e. The summed E-state index contributed by atoms with van der Waals surface area (Å²) < 4.78 is 6.70. The first-order valence-electron chi connectivity index (χ1n) is 6.69. The van der Waals surface area contributed by atoms with E-state index < -0.39 is 6.09 Å². The van der Waals surface area contributed by atoms with Crippen molar-refractivity contribution in [3.63, 3.8) is 0 Å². The summed E-state index contributed by atoms with van der Waals surface area (Å²) in [6.45, 7) is -0.00415. The Morgan fingerprint density at radius 3 is 2.68 bits per heavy atom. The van der Waals surface area contributed by atoms with Crippen molar-refractivity contribution in [3.05, 3.63) is 71.7 Å². The highest BCUT2D eigenvalue weighted by atomic mass is 16.5. The SMILES string of the molecule is NC(=O)OCc1nc2ccccn2c1C#Cc1ccccc1. The molecule has 5 heteroatoms. The molecule has 1 aromatic carbocycles. The second kappa shape index (κ2) is 6.02. The summed E-state index contributed by atoms with van der Waals surface area (Å²) in [6.07, 6.45) is 1.03. The number of rotatable bonds is 2. The van der Waals surface area contributed by atoms with Gasteiger partial charge in [0.15, 0.2) is 0 Å². The number of ether oxygens (including phenoxy) is 1. The van der Waals surface area contributed by atoms with E-state index in [0.29, 0.717) is 11.4 Å². The lowest BCUT2D eigenvalue weighted by molar-refractivity contribution is 0.149. The topological polar surface area (TPSA) is 69.6 Å². The summed E-state index contributed by atoms with van der Waals surface area (Å²) in [5.41, 5.74) is 7.91. The molecule has 3 aromatic rings. The number of primary amides is 1. The number of hydrogen-bond donors (Lipinski definition) is 1. The van der Waals surface area contributed by atoms with Gasteiger partial charge < -0.3 is 10.5 Å². The van der Waals surface area contributed by atoms with E-state index in [1.54, 1.807) is 0 Å². The lowest BCUT2D eigenvalue weighted by Crippen LogP contribution is -2.13. The average molecular weight is 291 g/mol. The fraction of sp³-hybridized carbons (Fsp3) is 0.0588. The number of benzene rings is 1. The molecule has 0 saturated carbocycles. The van der Waals surface area contributed by atoms with Gasteiger partial charge in [-0.05, 0) is 30.2 Å². The summed E-state index contributed by atoms with van der Waals surface area (Å²) in [6, 6.07) is 15.3. The second-order valence-corrected chi connectivity index (χ2v) is 4.56. The molecule has 0 aliphatic heterocycles. The zero-order valence-corrected chi connectivity index (χ0v) is 11.7. The van der Waals surface area contributed by atoms with Crippen LogP contribution >= 0.6 is 0 Å². The van der Waals surface area contributed by atoms with Crippen LogP contribution in [0.25, 0.3) is 5.65 Å². The predicted molar refractivity (Wildman–Crippen MR) is 82.0 cm³/mol. The van der Waals surface area contributed by atoms with E-state index >= 15 is 0 Å². The summed E-state index contributed by atoms with van der Waals surface area (Å²) in [7, 11) is 0. The van der Waals surface area contributed by atoms with E-state index in [9.17, 15) is 4.79 Å². The number of fused-ring (bicyclic) bond motifs is 1.